The Bertz CT molecular complexity index is 519. The number of nitrogens with zero attached hydrogens (tertiary/aromatic N) is 1. The Morgan fingerprint density at radius 2 is 1.17 bits per heavy atom. The number of anilines is 1. The quantitative estimate of drug-likeness (QED) is 0.270. The van der Waals surface area contributed by atoms with E-state index in [9.17, 15) is 4.79 Å². The summed E-state index contributed by atoms with van der Waals surface area (Å²) in [5.74, 6) is 0.103. The highest BCUT2D eigenvalue weighted by atomic mass is 35.5. The molecule has 0 unspecified atom stereocenters. The molecule has 0 atom stereocenters. The number of likely N-dealkylation sites (N-methyl/N-ethyl adjacent to an activating group) is 1. The fraction of sp³-hybridized carbons (Fsp3) is 0.731. The molecule has 1 aromatic rings. The highest BCUT2D eigenvalue weighted by molar-refractivity contribution is 5.91. The van der Waals surface area contributed by atoms with Gasteiger partial charge in [0.1, 0.15) is 0 Å². The number of halogens is 1. The number of nitrogens with one attached hydrogen (secondary N) is 1. The molecule has 174 valence electrons. The van der Waals surface area contributed by atoms with Crippen molar-refractivity contribution in [2.45, 2.75) is 96.8 Å². The zero-order valence-corrected chi connectivity index (χ0v) is 20.7. The minimum absolute atomic E-state index is 0. The Kier molecular flexibility index (Phi) is 18.0. The maximum absolute atomic E-state index is 12.2. The Balaban J connectivity index is 0.00000841. The maximum Gasteiger partial charge on any atom is 0.279 e. The zero-order chi connectivity index (χ0) is 21.2. The van der Waals surface area contributed by atoms with Gasteiger partial charge in [0, 0.05) is 5.69 Å². The fourth-order valence-corrected chi connectivity index (χ4v) is 3.92. The molecule has 0 fully saturated rings. The van der Waals surface area contributed by atoms with E-state index in [1.54, 1.807) is 0 Å². The van der Waals surface area contributed by atoms with Crippen LogP contribution in [0.2, 0.25) is 0 Å². The number of rotatable bonds is 18. The molecule has 0 saturated carbocycles. The lowest BCUT2D eigenvalue weighted by molar-refractivity contribution is -0.882. The van der Waals surface area contributed by atoms with Crippen molar-refractivity contribution in [3.63, 3.8) is 0 Å². The summed E-state index contributed by atoms with van der Waals surface area (Å²) in [4.78, 5) is 12.2. The van der Waals surface area contributed by atoms with Crippen LogP contribution in [0.3, 0.4) is 0 Å². The van der Waals surface area contributed by atoms with Gasteiger partial charge in [-0.25, -0.2) is 0 Å². The van der Waals surface area contributed by atoms with Gasteiger partial charge >= 0.3 is 0 Å². The molecule has 0 aliphatic rings. The third-order valence-electron chi connectivity index (χ3n) is 5.75. The molecule has 0 saturated heterocycles. The summed E-state index contributed by atoms with van der Waals surface area (Å²) < 4.78 is 0.761. The molecule has 0 heterocycles. The average Bonchev–Trinajstić information content (AvgIpc) is 2.68. The Morgan fingerprint density at radius 3 is 1.63 bits per heavy atom. The van der Waals surface area contributed by atoms with Crippen molar-refractivity contribution in [2.75, 3.05) is 32.5 Å². The molecule has 30 heavy (non-hydrogen) atoms. The highest BCUT2D eigenvalue weighted by Crippen LogP contribution is 2.14. The Labute approximate surface area is 193 Å². The van der Waals surface area contributed by atoms with Gasteiger partial charge in [0.25, 0.3) is 5.91 Å². The van der Waals surface area contributed by atoms with Crippen LogP contribution in [0, 0.1) is 0 Å². The average molecular weight is 439 g/mol. The van der Waals surface area contributed by atoms with Crippen LogP contribution in [-0.4, -0.2) is 37.6 Å². The largest absolute Gasteiger partial charge is 1.00 e. The minimum atomic E-state index is 0. The van der Waals surface area contributed by atoms with Crippen molar-refractivity contribution < 1.29 is 21.7 Å². The van der Waals surface area contributed by atoms with Crippen molar-refractivity contribution in [1.29, 1.82) is 0 Å². The van der Waals surface area contributed by atoms with Crippen LogP contribution in [0.25, 0.3) is 0 Å². The molecule has 1 amide bonds. The minimum Gasteiger partial charge on any atom is -1.00 e. The summed E-state index contributed by atoms with van der Waals surface area (Å²) in [6.45, 7) is 3.89. The number of quaternary nitrogens is 1. The summed E-state index contributed by atoms with van der Waals surface area (Å²) in [5.41, 5.74) is 0.883. The van der Waals surface area contributed by atoms with Gasteiger partial charge in [-0.2, -0.15) is 0 Å². The second-order valence-electron chi connectivity index (χ2n) is 9.33. The number of para-hydroxylation sites is 1. The van der Waals surface area contributed by atoms with Crippen LogP contribution in [0.4, 0.5) is 5.69 Å². The van der Waals surface area contributed by atoms with Crippen LogP contribution in [0.15, 0.2) is 30.3 Å². The second kappa shape index (κ2) is 18.7. The van der Waals surface area contributed by atoms with Crippen LogP contribution in [-0.2, 0) is 4.79 Å². The molecule has 4 heteroatoms. The molecular weight excluding hydrogens is 392 g/mol. The van der Waals surface area contributed by atoms with E-state index in [-0.39, 0.29) is 18.3 Å². The van der Waals surface area contributed by atoms with Crippen LogP contribution in [0.1, 0.15) is 96.8 Å². The number of hydrogen-bond donors (Lipinski definition) is 1. The number of unbranched alkanes of at least 4 members (excludes halogenated alkanes) is 13. The zero-order valence-electron chi connectivity index (χ0n) is 19.9. The topological polar surface area (TPSA) is 29.1 Å². The van der Waals surface area contributed by atoms with Crippen LogP contribution < -0.4 is 17.7 Å². The SMILES string of the molecule is CCCCCCCCCCCCCCCC[N+](C)(C)CC(=O)Nc1ccccc1.[Cl-]. The molecule has 3 nitrogen and oxygen atoms in total. The van der Waals surface area contributed by atoms with E-state index in [1.165, 1.54) is 89.9 Å². The van der Waals surface area contributed by atoms with E-state index in [0.717, 1.165) is 16.7 Å². The first-order valence-electron chi connectivity index (χ1n) is 12.2. The van der Waals surface area contributed by atoms with Gasteiger partial charge in [0.15, 0.2) is 6.54 Å². The van der Waals surface area contributed by atoms with Crippen molar-refractivity contribution in [1.82, 2.24) is 0 Å². The molecule has 0 aliphatic heterocycles. The predicted molar refractivity (Wildman–Crippen MR) is 127 cm³/mol. The van der Waals surface area contributed by atoms with Gasteiger partial charge in [0.05, 0.1) is 20.6 Å². The normalized spacial score (nSPS) is 11.2. The Morgan fingerprint density at radius 1 is 0.733 bits per heavy atom. The number of benzene rings is 1. The van der Waals surface area contributed by atoms with Crippen molar-refractivity contribution >= 4 is 11.6 Å². The predicted octanol–water partition coefficient (Wildman–Crippen LogP) is 4.19. The van der Waals surface area contributed by atoms with Gasteiger partial charge in [-0.3, -0.25) is 4.79 Å². The number of hydrogen-bond acceptors (Lipinski definition) is 1. The summed E-state index contributed by atoms with van der Waals surface area (Å²) in [6.07, 6.45) is 19.4. The third-order valence-corrected chi connectivity index (χ3v) is 5.75. The molecule has 1 N–H and O–H groups in total. The molecule has 0 spiro atoms. The molecule has 0 radical (unpaired) electrons. The summed E-state index contributed by atoms with van der Waals surface area (Å²) in [7, 11) is 4.32. The van der Waals surface area contributed by atoms with Crippen molar-refractivity contribution in [3.05, 3.63) is 30.3 Å². The van der Waals surface area contributed by atoms with Gasteiger partial charge in [-0.15, -0.1) is 0 Å². The Hall–Kier alpha value is -1.06. The van der Waals surface area contributed by atoms with Gasteiger partial charge in [0.2, 0.25) is 0 Å². The first-order chi connectivity index (χ1) is 14.0. The third kappa shape index (κ3) is 16.7. The monoisotopic (exact) mass is 438 g/mol. The standard InChI is InChI=1S/C26H46N2O.ClH/c1-4-5-6-7-8-9-10-11-12-13-14-15-16-20-23-28(2,3)24-26(29)27-25-21-18-17-19-22-25;/h17-19,21-22H,4-16,20,23-24H2,1-3H3;1H. The van der Waals surface area contributed by atoms with Crippen molar-refractivity contribution in [3.8, 4) is 0 Å². The summed E-state index contributed by atoms with van der Waals surface area (Å²) >= 11 is 0. The van der Waals surface area contributed by atoms with Crippen LogP contribution in [0.5, 0.6) is 0 Å². The van der Waals surface area contributed by atoms with E-state index in [2.05, 4.69) is 26.3 Å². The molecule has 1 aromatic carbocycles. The lowest BCUT2D eigenvalue weighted by atomic mass is 10.0. The van der Waals surface area contributed by atoms with E-state index in [0.29, 0.717) is 6.54 Å². The van der Waals surface area contributed by atoms with Gasteiger partial charge in [-0.05, 0) is 25.0 Å². The second-order valence-corrected chi connectivity index (χ2v) is 9.33. The van der Waals surface area contributed by atoms with E-state index in [4.69, 9.17) is 0 Å². The van der Waals surface area contributed by atoms with Gasteiger partial charge in [-0.1, -0.05) is 102 Å². The molecule has 0 aliphatic carbocycles. The van der Waals surface area contributed by atoms with Crippen molar-refractivity contribution in [2.24, 2.45) is 0 Å². The lowest BCUT2D eigenvalue weighted by Crippen LogP contribution is -3.00. The molecule has 0 aromatic heterocycles. The lowest BCUT2D eigenvalue weighted by Gasteiger charge is -2.29. The number of carbonyl (C=O) groups excluding carboxylic acids is 1. The number of amides is 1. The highest BCUT2D eigenvalue weighted by Gasteiger charge is 2.19. The van der Waals surface area contributed by atoms with E-state index < -0.39 is 0 Å². The summed E-state index contributed by atoms with van der Waals surface area (Å²) in [5, 5.41) is 3.00. The van der Waals surface area contributed by atoms with Gasteiger partial charge < -0.3 is 22.2 Å². The molecule has 1 rings (SSSR count). The first-order valence-corrected chi connectivity index (χ1v) is 12.2. The fourth-order valence-electron chi connectivity index (χ4n) is 3.92. The maximum atomic E-state index is 12.2. The summed E-state index contributed by atoms with van der Waals surface area (Å²) in [6, 6.07) is 9.73. The van der Waals surface area contributed by atoms with E-state index >= 15 is 0 Å². The first kappa shape index (κ1) is 28.9. The number of carbonyl (C=O) groups is 1. The van der Waals surface area contributed by atoms with E-state index in [1.807, 2.05) is 30.3 Å². The smallest absolute Gasteiger partial charge is 0.279 e. The molecule has 0 bridgehead atoms. The van der Waals surface area contributed by atoms with Crippen LogP contribution >= 0.6 is 0 Å². The molecular formula is C26H47ClN2O.